The van der Waals surface area contributed by atoms with Crippen LogP contribution in [0.1, 0.15) is 105 Å². The van der Waals surface area contributed by atoms with Crippen LogP contribution in [0.3, 0.4) is 0 Å². The van der Waals surface area contributed by atoms with Crippen LogP contribution in [-0.2, 0) is 30.8 Å². The van der Waals surface area contributed by atoms with Crippen LogP contribution in [0.15, 0.2) is 97.1 Å². The largest absolute Gasteiger partial charge is 1.00 e. The van der Waals surface area contributed by atoms with Crippen molar-refractivity contribution in [3.05, 3.63) is 119 Å². The number of rotatable bonds is 8. The van der Waals surface area contributed by atoms with Crippen molar-refractivity contribution in [3.63, 3.8) is 0 Å². The fourth-order valence-corrected chi connectivity index (χ4v) is 6.21. The average Bonchev–Trinajstić information content (AvgIpc) is 2.96. The maximum atomic E-state index is 12.1. The van der Waals surface area contributed by atoms with Gasteiger partial charge in [-0.25, -0.2) is 9.13 Å². The molecule has 0 radical (unpaired) electrons. The van der Waals surface area contributed by atoms with Gasteiger partial charge in [-0.3, -0.25) is 0 Å². The predicted molar refractivity (Wildman–Crippen MR) is 198 cm³/mol. The Hall–Kier alpha value is -1.54. The molecule has 0 atom stereocenters. The summed E-state index contributed by atoms with van der Waals surface area (Å²) in [6, 6.07) is 27.9. The standard InChI is InChI=1S/2C20H27O4P.2Na/c2*1-19(2,3)15-7-11-17(12-8-15)23-25(21,22)24-18-13-9-16(10-14-18)20(4,5)6;;/h2*7-14H,1-6H3,(H,21,22);;/q;;2*+1/p-2. The normalized spacial score (nSPS) is 12.3. The molecule has 52 heavy (non-hydrogen) atoms. The van der Waals surface area contributed by atoms with Gasteiger partial charge in [-0.1, -0.05) is 132 Å². The van der Waals surface area contributed by atoms with Gasteiger partial charge in [0.05, 0.1) is 0 Å². The number of benzene rings is 4. The zero-order valence-corrected chi connectivity index (χ0v) is 39.2. The van der Waals surface area contributed by atoms with Crippen LogP contribution in [0, 0.1) is 0 Å². The topological polar surface area (TPSA) is 117 Å². The van der Waals surface area contributed by atoms with Crippen molar-refractivity contribution in [1.82, 2.24) is 0 Å². The molecule has 0 N–H and O–H groups in total. The monoisotopic (exact) mass is 768 g/mol. The summed E-state index contributed by atoms with van der Waals surface area (Å²) in [6.45, 7) is 25.1. The molecule has 0 aliphatic rings. The fourth-order valence-electron chi connectivity index (χ4n) is 4.62. The van der Waals surface area contributed by atoms with Crippen LogP contribution in [0.5, 0.6) is 23.0 Å². The van der Waals surface area contributed by atoms with Crippen LogP contribution in [-0.4, -0.2) is 0 Å². The predicted octanol–water partition coefficient (Wildman–Crippen LogP) is 4.42. The van der Waals surface area contributed by atoms with E-state index in [1.807, 2.05) is 48.5 Å². The van der Waals surface area contributed by atoms with Crippen LogP contribution in [0.4, 0.5) is 0 Å². The van der Waals surface area contributed by atoms with E-state index >= 15 is 0 Å². The Bertz CT molecular complexity index is 1520. The third kappa shape index (κ3) is 16.1. The average molecular weight is 769 g/mol. The number of phosphoric ester groups is 2. The van der Waals surface area contributed by atoms with E-state index in [2.05, 4.69) is 83.1 Å². The number of hydrogen-bond donors (Lipinski definition) is 0. The molecule has 0 spiro atoms. The van der Waals surface area contributed by atoms with Gasteiger partial charge in [0.2, 0.25) is 0 Å². The van der Waals surface area contributed by atoms with Gasteiger partial charge in [-0.2, -0.15) is 0 Å². The van der Waals surface area contributed by atoms with Gasteiger partial charge >= 0.3 is 74.8 Å². The second-order valence-corrected chi connectivity index (χ2v) is 18.9. The molecule has 8 nitrogen and oxygen atoms in total. The van der Waals surface area contributed by atoms with Crippen LogP contribution < -0.4 is 87.0 Å². The first-order chi connectivity index (χ1) is 22.7. The third-order valence-electron chi connectivity index (χ3n) is 7.75. The Balaban J connectivity index is 0.000000501. The van der Waals surface area contributed by atoms with Crippen molar-refractivity contribution >= 4 is 15.6 Å². The van der Waals surface area contributed by atoms with Crippen molar-refractivity contribution in [3.8, 4) is 23.0 Å². The second kappa shape index (κ2) is 18.9. The zero-order valence-electron chi connectivity index (χ0n) is 33.4. The molecule has 0 aromatic heterocycles. The maximum Gasteiger partial charge on any atom is 1.00 e. The van der Waals surface area contributed by atoms with Crippen LogP contribution >= 0.6 is 15.6 Å². The quantitative estimate of drug-likeness (QED) is 0.191. The van der Waals surface area contributed by atoms with Crippen LogP contribution in [0.25, 0.3) is 0 Å². The molecule has 4 rings (SSSR count). The Morgan fingerprint density at radius 1 is 0.346 bits per heavy atom. The molecule has 0 aliphatic carbocycles. The van der Waals surface area contributed by atoms with E-state index in [9.17, 15) is 18.9 Å². The minimum atomic E-state index is -4.50. The summed E-state index contributed by atoms with van der Waals surface area (Å²) in [4.78, 5) is 24.2. The van der Waals surface area contributed by atoms with E-state index < -0.39 is 15.6 Å². The van der Waals surface area contributed by atoms with Gasteiger partial charge in [-0.15, -0.1) is 0 Å². The van der Waals surface area contributed by atoms with E-state index in [1.54, 1.807) is 48.5 Å². The molecule has 0 aliphatic heterocycles. The smallest absolute Gasteiger partial charge is 0.736 e. The van der Waals surface area contributed by atoms with E-state index in [0.717, 1.165) is 22.3 Å². The Morgan fingerprint density at radius 3 is 0.596 bits per heavy atom. The molecule has 272 valence electrons. The van der Waals surface area contributed by atoms with Gasteiger partial charge in [-0.05, 0) is 92.4 Å². The summed E-state index contributed by atoms with van der Waals surface area (Å²) in [5.74, 6) is 0.936. The minimum absolute atomic E-state index is 0. The molecule has 0 saturated carbocycles. The van der Waals surface area contributed by atoms with Gasteiger partial charge in [0, 0.05) is 0 Å². The summed E-state index contributed by atoms with van der Waals surface area (Å²) in [7, 11) is -9.00. The first-order valence-electron chi connectivity index (χ1n) is 16.6. The van der Waals surface area contributed by atoms with Crippen molar-refractivity contribution in [1.29, 1.82) is 0 Å². The van der Waals surface area contributed by atoms with E-state index in [4.69, 9.17) is 18.1 Å². The molecule has 12 heteroatoms. The molecule has 0 fully saturated rings. The number of hydrogen-bond acceptors (Lipinski definition) is 8. The molecule has 0 heterocycles. The Kier molecular flexibility index (Phi) is 17.6. The summed E-state index contributed by atoms with van der Waals surface area (Å²) in [5, 5.41) is 0. The van der Waals surface area contributed by atoms with Crippen molar-refractivity contribution < 1.29 is 96.1 Å². The molecule has 4 aromatic rings. The molecule has 0 unspecified atom stereocenters. The van der Waals surface area contributed by atoms with E-state index in [1.165, 1.54) is 0 Å². The maximum absolute atomic E-state index is 12.1. The van der Waals surface area contributed by atoms with Crippen molar-refractivity contribution in [2.75, 3.05) is 0 Å². The minimum Gasteiger partial charge on any atom is -0.736 e. The molecule has 0 bridgehead atoms. The molecular formula is C40H52Na2O8P2. The zero-order chi connectivity index (χ0) is 37.8. The van der Waals surface area contributed by atoms with Gasteiger partial charge < -0.3 is 27.9 Å². The van der Waals surface area contributed by atoms with Gasteiger partial charge in [0.1, 0.15) is 23.0 Å². The van der Waals surface area contributed by atoms with Crippen molar-refractivity contribution in [2.24, 2.45) is 0 Å². The van der Waals surface area contributed by atoms with E-state index in [-0.39, 0.29) is 104 Å². The Morgan fingerprint density at radius 2 is 0.481 bits per heavy atom. The number of phosphoric acid groups is 2. The van der Waals surface area contributed by atoms with E-state index in [0.29, 0.717) is 0 Å². The molecule has 4 aromatic carbocycles. The summed E-state index contributed by atoms with van der Waals surface area (Å²) >= 11 is 0. The first-order valence-corrected chi connectivity index (χ1v) is 19.5. The summed E-state index contributed by atoms with van der Waals surface area (Å²) in [6.07, 6.45) is 0. The summed E-state index contributed by atoms with van der Waals surface area (Å²) in [5.41, 5.74) is 4.35. The SMILES string of the molecule is CC(C)(C)c1ccc(OP(=O)([O-])Oc2ccc(C(C)(C)C)cc2)cc1.CC(C)(C)c1ccc(OP(=O)([O-])Oc2ccc(C(C)(C)C)cc2)cc1.[Na+].[Na+]. The fraction of sp³-hybridized carbons (Fsp3) is 0.400. The third-order valence-corrected chi connectivity index (χ3v) is 9.49. The van der Waals surface area contributed by atoms with Gasteiger partial charge in [0.25, 0.3) is 0 Å². The molecular weight excluding hydrogens is 716 g/mol. The van der Waals surface area contributed by atoms with Gasteiger partial charge in [0.15, 0.2) is 0 Å². The molecule has 0 saturated heterocycles. The van der Waals surface area contributed by atoms with Crippen molar-refractivity contribution in [2.45, 2.75) is 105 Å². The second-order valence-electron chi connectivity index (χ2n) is 16.4. The molecule has 0 amide bonds. The first kappa shape index (κ1) is 48.5. The van der Waals surface area contributed by atoms with Crippen LogP contribution in [0.2, 0.25) is 0 Å². The summed E-state index contributed by atoms with van der Waals surface area (Å²) < 4.78 is 44.4. The Labute approximate surface area is 355 Å².